The molecule has 1 aliphatic rings. The predicted molar refractivity (Wildman–Crippen MR) is 123 cm³/mol. The number of benzene rings is 1. The van der Waals surface area contributed by atoms with Crippen LogP contribution in [-0.2, 0) is 9.53 Å². The number of amides is 1. The van der Waals surface area contributed by atoms with E-state index in [1.165, 1.54) is 38.0 Å². The summed E-state index contributed by atoms with van der Waals surface area (Å²) in [7, 11) is 1.33. The van der Waals surface area contributed by atoms with Crippen LogP contribution in [0.2, 0.25) is 0 Å². The van der Waals surface area contributed by atoms with Crippen molar-refractivity contribution in [3.8, 4) is 0 Å². The van der Waals surface area contributed by atoms with Crippen LogP contribution in [-0.4, -0.2) is 52.8 Å². The zero-order valence-corrected chi connectivity index (χ0v) is 19.0. The average Bonchev–Trinajstić information content (AvgIpc) is 3.23. The topological polar surface area (TPSA) is 97.3 Å². The number of ether oxygens (including phenoxy) is 1. The smallest absolute Gasteiger partial charge is 0.337 e. The summed E-state index contributed by atoms with van der Waals surface area (Å²) in [5.74, 6) is 0.297. The van der Waals surface area contributed by atoms with E-state index in [4.69, 9.17) is 4.98 Å². The van der Waals surface area contributed by atoms with Crippen molar-refractivity contribution in [2.75, 3.05) is 36.2 Å². The van der Waals surface area contributed by atoms with Gasteiger partial charge in [-0.15, -0.1) is 0 Å². The van der Waals surface area contributed by atoms with Gasteiger partial charge in [0.25, 0.3) is 0 Å². The van der Waals surface area contributed by atoms with Gasteiger partial charge >= 0.3 is 5.97 Å². The van der Waals surface area contributed by atoms with Crippen molar-refractivity contribution in [2.24, 2.45) is 5.92 Å². The van der Waals surface area contributed by atoms with Gasteiger partial charge in [-0.25, -0.2) is 14.8 Å². The van der Waals surface area contributed by atoms with Gasteiger partial charge in [0.1, 0.15) is 16.1 Å². The van der Waals surface area contributed by atoms with Gasteiger partial charge in [-0.3, -0.25) is 4.79 Å². The van der Waals surface area contributed by atoms with E-state index in [0.29, 0.717) is 22.8 Å². The molecule has 1 N–H and O–H groups in total. The number of anilines is 2. The van der Waals surface area contributed by atoms with E-state index in [-0.39, 0.29) is 11.7 Å². The Balaban J connectivity index is 1.40. The fraction of sp³-hybridized carbons (Fsp3) is 0.381. The van der Waals surface area contributed by atoms with E-state index in [2.05, 4.69) is 31.8 Å². The highest BCUT2D eigenvalue weighted by molar-refractivity contribution is 8.00. The largest absolute Gasteiger partial charge is 0.465 e. The van der Waals surface area contributed by atoms with E-state index in [9.17, 15) is 9.59 Å². The molecular formula is C21H23N5O3S2. The first-order valence-electron chi connectivity index (χ1n) is 10.0. The van der Waals surface area contributed by atoms with Crippen LogP contribution in [0.25, 0.3) is 10.3 Å². The molecule has 1 fully saturated rings. The fourth-order valence-electron chi connectivity index (χ4n) is 3.46. The lowest BCUT2D eigenvalue weighted by Crippen LogP contribution is -2.34. The highest BCUT2D eigenvalue weighted by Gasteiger charge is 2.21. The number of methoxy groups -OCH3 is 1. The first-order chi connectivity index (χ1) is 15.0. The van der Waals surface area contributed by atoms with Gasteiger partial charge in [0.15, 0.2) is 10.8 Å². The molecule has 1 atom stereocenters. The van der Waals surface area contributed by atoms with Gasteiger partial charge in [-0.05, 0) is 43.0 Å². The van der Waals surface area contributed by atoms with E-state index in [1.807, 2.05) is 0 Å². The Morgan fingerprint density at radius 3 is 2.84 bits per heavy atom. The third-order valence-electron chi connectivity index (χ3n) is 5.00. The Morgan fingerprint density at radius 1 is 1.29 bits per heavy atom. The minimum absolute atomic E-state index is 0.155. The van der Waals surface area contributed by atoms with Gasteiger partial charge in [0.2, 0.25) is 5.91 Å². The van der Waals surface area contributed by atoms with Crippen LogP contribution >= 0.6 is 23.1 Å². The van der Waals surface area contributed by atoms with Crippen molar-refractivity contribution in [1.82, 2.24) is 15.0 Å². The number of thioether (sulfide) groups is 1. The molecule has 3 aromatic rings. The Bertz CT molecular complexity index is 1090. The second-order valence-electron chi connectivity index (χ2n) is 7.43. The number of thiazole rings is 1. The summed E-state index contributed by atoms with van der Waals surface area (Å²) in [4.78, 5) is 39.6. The minimum Gasteiger partial charge on any atom is -0.465 e. The number of nitrogens with zero attached hydrogens (tertiary/aromatic N) is 4. The highest BCUT2D eigenvalue weighted by atomic mass is 32.2. The maximum atomic E-state index is 12.4. The van der Waals surface area contributed by atoms with Crippen molar-refractivity contribution in [3.05, 3.63) is 36.2 Å². The van der Waals surface area contributed by atoms with Crippen molar-refractivity contribution < 1.29 is 14.3 Å². The second kappa shape index (κ2) is 9.61. The van der Waals surface area contributed by atoms with E-state index in [0.717, 1.165) is 27.9 Å². The van der Waals surface area contributed by atoms with Crippen LogP contribution in [0.15, 0.2) is 35.6 Å². The maximum Gasteiger partial charge on any atom is 0.337 e. The quantitative estimate of drug-likeness (QED) is 0.339. The van der Waals surface area contributed by atoms with Crippen molar-refractivity contribution >= 4 is 56.1 Å². The summed E-state index contributed by atoms with van der Waals surface area (Å²) in [6.07, 6.45) is 3.92. The molecule has 0 unspecified atom stereocenters. The molecule has 1 saturated heterocycles. The Hall–Kier alpha value is -2.72. The molecule has 8 nitrogen and oxygen atoms in total. The van der Waals surface area contributed by atoms with Crippen LogP contribution in [0.4, 0.5) is 10.8 Å². The lowest BCUT2D eigenvalue weighted by Gasteiger charge is -2.30. The Kier molecular flexibility index (Phi) is 6.67. The molecule has 1 amide bonds. The molecule has 0 radical (unpaired) electrons. The zero-order valence-electron chi connectivity index (χ0n) is 17.3. The lowest BCUT2D eigenvalue weighted by atomic mass is 10.0. The van der Waals surface area contributed by atoms with Crippen molar-refractivity contribution in [1.29, 1.82) is 0 Å². The molecule has 0 bridgehead atoms. The molecule has 0 spiro atoms. The van der Waals surface area contributed by atoms with Crippen LogP contribution in [0.1, 0.15) is 30.1 Å². The summed E-state index contributed by atoms with van der Waals surface area (Å²) >= 11 is 2.95. The average molecular weight is 458 g/mol. The number of piperidine rings is 1. The molecule has 31 heavy (non-hydrogen) atoms. The molecule has 162 valence electrons. The second-order valence-corrected chi connectivity index (χ2v) is 9.37. The molecule has 4 rings (SSSR count). The number of hydrogen-bond donors (Lipinski definition) is 1. The number of esters is 1. The first kappa shape index (κ1) is 21.5. The van der Waals surface area contributed by atoms with Gasteiger partial charge in [0, 0.05) is 18.8 Å². The molecule has 0 aliphatic carbocycles. The summed E-state index contributed by atoms with van der Waals surface area (Å²) in [5.41, 5.74) is 1.72. The van der Waals surface area contributed by atoms with Crippen LogP contribution in [0.5, 0.6) is 0 Å². The lowest BCUT2D eigenvalue weighted by molar-refractivity contribution is -0.113. The number of nitrogens with one attached hydrogen (secondary N) is 1. The molecule has 2 aromatic heterocycles. The predicted octanol–water partition coefficient (Wildman–Crippen LogP) is 3.84. The maximum absolute atomic E-state index is 12.4. The number of carbonyl (C=O) groups excluding carboxylic acids is 2. The van der Waals surface area contributed by atoms with Crippen molar-refractivity contribution in [2.45, 2.75) is 24.8 Å². The fourth-order valence-corrected chi connectivity index (χ4v) is 5.39. The molecule has 0 saturated carbocycles. The summed E-state index contributed by atoms with van der Waals surface area (Å²) in [5, 5.41) is 4.56. The zero-order chi connectivity index (χ0) is 21.8. The number of fused-ring (bicyclic) bond motifs is 1. The molecular weight excluding hydrogens is 434 g/mol. The summed E-state index contributed by atoms with van der Waals surface area (Å²) < 4.78 is 5.59. The van der Waals surface area contributed by atoms with Gasteiger partial charge in [-0.2, -0.15) is 4.98 Å². The highest BCUT2D eigenvalue weighted by Crippen LogP contribution is 2.35. The van der Waals surface area contributed by atoms with Crippen LogP contribution in [0, 0.1) is 5.92 Å². The number of carbonyl (C=O) groups is 2. The van der Waals surface area contributed by atoms with E-state index < -0.39 is 5.97 Å². The summed E-state index contributed by atoms with van der Waals surface area (Å²) in [6.45, 7) is 4.28. The standard InChI is InChI=1S/C21H23N5O3S2/c1-13-4-3-9-26(10-13)21-25-18-17(31-21)19(23-12-22-18)30-11-16(27)24-15-7-5-14(6-8-15)20(28)29-2/h5-8,12-13H,3-4,9-11H2,1-2H3,(H,24,27)/t13-/m0/s1. The molecule has 3 heterocycles. The van der Waals surface area contributed by atoms with Gasteiger partial charge in [0.05, 0.1) is 18.4 Å². The van der Waals surface area contributed by atoms with Crippen molar-refractivity contribution in [3.63, 3.8) is 0 Å². The SMILES string of the molecule is COC(=O)c1ccc(NC(=O)CSc2ncnc3nc(N4CCC[C@H](C)C4)sc23)cc1. The van der Waals surface area contributed by atoms with Gasteiger partial charge < -0.3 is 15.0 Å². The minimum atomic E-state index is -0.413. The number of rotatable bonds is 6. The summed E-state index contributed by atoms with van der Waals surface area (Å²) in [6, 6.07) is 6.57. The third kappa shape index (κ3) is 5.13. The van der Waals surface area contributed by atoms with Gasteiger partial charge in [-0.1, -0.05) is 30.0 Å². The van der Waals surface area contributed by atoms with Crippen LogP contribution < -0.4 is 10.2 Å². The third-order valence-corrected chi connectivity index (χ3v) is 7.24. The normalized spacial score (nSPS) is 16.3. The molecule has 1 aliphatic heterocycles. The number of aromatic nitrogens is 3. The molecule has 1 aromatic carbocycles. The molecule has 10 heteroatoms. The monoisotopic (exact) mass is 457 g/mol. The number of hydrogen-bond acceptors (Lipinski definition) is 9. The van der Waals surface area contributed by atoms with E-state index in [1.54, 1.807) is 35.6 Å². The first-order valence-corrected chi connectivity index (χ1v) is 11.8. The Morgan fingerprint density at radius 2 is 2.10 bits per heavy atom. The Labute approximate surface area is 188 Å². The van der Waals surface area contributed by atoms with E-state index >= 15 is 0 Å². The van der Waals surface area contributed by atoms with Crippen LogP contribution in [0.3, 0.4) is 0 Å².